The molecule has 0 aromatic carbocycles. The van der Waals surface area contributed by atoms with Crippen molar-refractivity contribution in [2.24, 2.45) is 63.1 Å². The Labute approximate surface area is 509 Å². The van der Waals surface area contributed by atoms with Crippen molar-refractivity contribution in [1.29, 1.82) is 0 Å². The number of hydrogen-bond acceptors (Lipinski definition) is 13. The van der Waals surface area contributed by atoms with Gasteiger partial charge in [-0.3, -0.25) is 28.8 Å². The summed E-state index contributed by atoms with van der Waals surface area (Å²) in [6.45, 7) is 27.3. The largest absolute Gasteiger partial charge is 0.459 e. The van der Waals surface area contributed by atoms with Gasteiger partial charge in [0, 0.05) is 17.1 Å². The maximum Gasteiger partial charge on any atom is 0.344 e. The van der Waals surface area contributed by atoms with E-state index in [-0.39, 0.29) is 146 Å². The van der Waals surface area contributed by atoms with Gasteiger partial charge in [-0.05, 0) is 200 Å². The molecule has 0 aromatic rings. The van der Waals surface area contributed by atoms with E-state index < -0.39 is 23.5 Å². The van der Waals surface area contributed by atoms with Crippen molar-refractivity contribution < 1.29 is 57.2 Å². The molecule has 13 nitrogen and oxygen atoms in total. The Balaban J connectivity index is -0.000000488. The second kappa shape index (κ2) is 35.5. The zero-order valence-corrected chi connectivity index (χ0v) is 49.2. The van der Waals surface area contributed by atoms with Crippen molar-refractivity contribution in [3.8, 4) is 0 Å². The first-order valence-corrected chi connectivity index (χ1v) is 30.1. The molecular weight excluding hydrogens is 1050 g/mol. The summed E-state index contributed by atoms with van der Waals surface area (Å²) in [5.41, 5.74) is -1.93. The highest BCUT2D eigenvalue weighted by Gasteiger charge is 2.59. The van der Waals surface area contributed by atoms with Crippen molar-refractivity contribution in [3.05, 3.63) is 0 Å². The maximum absolute atomic E-state index is 12.6. The third-order valence-corrected chi connectivity index (χ3v) is 20.6. The van der Waals surface area contributed by atoms with Gasteiger partial charge >= 0.3 is 29.8 Å². The summed E-state index contributed by atoms with van der Waals surface area (Å²) in [7, 11) is 0. The molecule has 82 heavy (non-hydrogen) atoms. The molecule has 0 aromatic heterocycles. The number of ether oxygens (including phenoxy) is 5. The number of nitrogens with one attached hydrogen (secondary N) is 1. The fourth-order valence-corrected chi connectivity index (χ4v) is 13.6. The minimum Gasteiger partial charge on any atom is -0.459 e. The molecule has 14 heteroatoms. The van der Waals surface area contributed by atoms with Crippen LogP contribution >= 0.6 is 11.8 Å². The smallest absolute Gasteiger partial charge is 0.344 e. The van der Waals surface area contributed by atoms with E-state index in [1.54, 1.807) is 13.8 Å². The van der Waals surface area contributed by atoms with Gasteiger partial charge in [-0.2, -0.15) is 0 Å². The van der Waals surface area contributed by atoms with Gasteiger partial charge in [-0.25, -0.2) is 4.79 Å². The second-order valence-corrected chi connectivity index (χ2v) is 27.3. The monoisotopic (exact) mass is 1190 g/mol. The third-order valence-electron chi connectivity index (χ3n) is 19.5. The standard InChI is InChI=1S/C18H26O6.C18H30O2.C14H26O2.C10H17NO2S.8CH4/c1-4-18(2,3)17(21)22-9-14(19)24-15-11-5-10-6-12(8-11)16(20)23-13(15)7-10;1-5-17(3,4)16(19)20-18(6-2)14-8-12-7-13(10-14)11-15(18)9-12;1-5-13(3,4)12(15)16-14(6-2)10-8-7-9-11-14;1-4-10(2,3)9(13)11-7-5-6-14-8(7)12;;;;;;;;/h10-13,15H,4-9H2,1-3H3;12-15H,5-11H2,1-4H3;5-11H2,1-4H3;7H,4-6H2,1-3H3,(H,11,13);8*1H4. The van der Waals surface area contributed by atoms with Crippen LogP contribution in [-0.4, -0.2) is 82.7 Å². The molecule has 6 unspecified atom stereocenters. The first-order chi connectivity index (χ1) is 34.6. The molecule has 3 saturated heterocycles. The van der Waals surface area contributed by atoms with Crippen molar-refractivity contribution in [2.75, 3.05) is 12.4 Å². The number of rotatable bonds is 16. The van der Waals surface area contributed by atoms with E-state index in [9.17, 15) is 33.6 Å². The lowest BCUT2D eigenvalue weighted by Crippen LogP contribution is -2.60. The molecule has 6 atom stereocenters. The molecule has 0 radical (unpaired) electrons. The van der Waals surface area contributed by atoms with Crippen molar-refractivity contribution >= 4 is 52.6 Å². The van der Waals surface area contributed by atoms with E-state index in [0.717, 1.165) is 94.6 Å². The van der Waals surface area contributed by atoms with Crippen LogP contribution in [0.15, 0.2) is 0 Å². The van der Waals surface area contributed by atoms with E-state index in [1.807, 2.05) is 62.3 Å². The molecule has 0 spiro atoms. The van der Waals surface area contributed by atoms with Gasteiger partial charge in [0.15, 0.2) is 6.61 Å². The maximum atomic E-state index is 12.6. The van der Waals surface area contributed by atoms with Crippen LogP contribution in [0.1, 0.15) is 291 Å². The molecule has 10 rings (SSSR count). The van der Waals surface area contributed by atoms with Gasteiger partial charge in [-0.1, -0.05) is 133 Å². The van der Waals surface area contributed by atoms with Crippen LogP contribution in [0.4, 0.5) is 0 Å². The second-order valence-electron chi connectivity index (χ2n) is 26.2. The summed E-state index contributed by atoms with van der Waals surface area (Å²) in [5.74, 6) is 3.46. The Morgan fingerprint density at radius 2 is 1.05 bits per heavy atom. The topological polar surface area (TPSA) is 178 Å². The summed E-state index contributed by atoms with van der Waals surface area (Å²) < 4.78 is 28.3. The van der Waals surface area contributed by atoms with E-state index in [0.29, 0.717) is 24.2 Å². The first-order valence-electron chi connectivity index (χ1n) is 29.2. The molecule has 1 N–H and O–H groups in total. The Morgan fingerprint density at radius 1 is 0.573 bits per heavy atom. The fraction of sp³-hybridized carbons (Fsp3) is 0.897. The summed E-state index contributed by atoms with van der Waals surface area (Å²) in [5, 5.41) is 2.91. The first kappa shape index (κ1) is 85.3. The minimum atomic E-state index is -0.615. The van der Waals surface area contributed by atoms with Crippen LogP contribution in [0.5, 0.6) is 0 Å². The quantitative estimate of drug-likeness (QED) is 0.114. The van der Waals surface area contributed by atoms with Gasteiger partial charge in [0.25, 0.3) is 0 Å². The average molecular weight is 1190 g/mol. The Kier molecular flexibility index (Phi) is 36.9. The molecule has 7 aliphatic carbocycles. The highest BCUT2D eigenvalue weighted by Crippen LogP contribution is 2.61. The number of amides is 1. The van der Waals surface area contributed by atoms with Crippen molar-refractivity contribution in [3.63, 3.8) is 0 Å². The van der Waals surface area contributed by atoms with E-state index >= 15 is 0 Å². The SMILES string of the molecule is C.C.C.C.C.C.C.C.CCC(C)(C)C(=O)NC1CCSC1=O.CCC(C)(C)C(=O)OC1(CC)C2CC3CC(C2)CC1C3.CCC(C)(C)C(=O)OCC(=O)OC1C2CC3CC(C2)C(=O)OC1C3.CCC1(OC(=O)C(C)(C)CC)CCCCC1. The van der Waals surface area contributed by atoms with Crippen LogP contribution in [0.2, 0.25) is 0 Å². The Morgan fingerprint density at radius 3 is 1.50 bits per heavy atom. The number of thioether (sulfide) groups is 1. The number of carbonyl (C=O) groups excluding carboxylic acids is 7. The van der Waals surface area contributed by atoms with Crippen molar-refractivity contribution in [2.45, 2.75) is 321 Å². The molecule has 3 heterocycles. The van der Waals surface area contributed by atoms with Crippen LogP contribution in [0.25, 0.3) is 0 Å². The van der Waals surface area contributed by atoms with Gasteiger partial charge in [0.2, 0.25) is 11.0 Å². The Bertz CT molecular complexity index is 1940. The Hall–Kier alpha value is -3.16. The predicted molar refractivity (Wildman–Crippen MR) is 342 cm³/mol. The lowest BCUT2D eigenvalue weighted by molar-refractivity contribution is -0.218. The molecular formula is C68H131NO12S. The lowest BCUT2D eigenvalue weighted by Gasteiger charge is -2.60. The van der Waals surface area contributed by atoms with Crippen LogP contribution in [-0.2, 0) is 57.2 Å². The number of hydrogen-bond donors (Lipinski definition) is 1. The van der Waals surface area contributed by atoms with Crippen LogP contribution in [0.3, 0.4) is 0 Å². The zero-order valence-electron chi connectivity index (χ0n) is 48.3. The molecule has 7 saturated carbocycles. The minimum absolute atomic E-state index is 0. The summed E-state index contributed by atoms with van der Waals surface area (Å²) in [6.07, 6.45) is 20.9. The summed E-state index contributed by atoms with van der Waals surface area (Å²) in [4.78, 5) is 83.8. The highest BCUT2D eigenvalue weighted by molar-refractivity contribution is 8.14. The van der Waals surface area contributed by atoms with Gasteiger partial charge in [0.05, 0.1) is 28.2 Å². The van der Waals surface area contributed by atoms with Gasteiger partial charge < -0.3 is 29.0 Å². The van der Waals surface area contributed by atoms with Crippen molar-refractivity contribution in [1.82, 2.24) is 5.32 Å². The van der Waals surface area contributed by atoms with Gasteiger partial charge in [-0.15, -0.1) is 0 Å². The normalized spacial score (nSPS) is 28.4. The van der Waals surface area contributed by atoms with Crippen LogP contribution in [0, 0.1) is 63.1 Å². The lowest BCUT2D eigenvalue weighted by atomic mass is 9.49. The average Bonchev–Trinajstić information content (AvgIpc) is 3.70. The molecule has 10 fully saturated rings. The molecule has 1 amide bonds. The van der Waals surface area contributed by atoms with E-state index in [4.69, 9.17) is 23.7 Å². The fourth-order valence-electron chi connectivity index (χ4n) is 12.7. The van der Waals surface area contributed by atoms with Gasteiger partial charge in [0.1, 0.15) is 23.4 Å². The number of fused-ring (bicyclic) bond motifs is 1. The summed E-state index contributed by atoms with van der Waals surface area (Å²) in [6, 6.07) is -0.252. The summed E-state index contributed by atoms with van der Waals surface area (Å²) >= 11 is 1.31. The van der Waals surface area contributed by atoms with E-state index in [2.05, 4.69) is 26.1 Å². The van der Waals surface area contributed by atoms with E-state index in [1.165, 1.54) is 63.1 Å². The third kappa shape index (κ3) is 20.8. The molecule has 8 bridgehead atoms. The molecule has 10 aliphatic rings. The zero-order chi connectivity index (χ0) is 55.0. The molecule has 486 valence electrons. The number of carbonyl (C=O) groups is 7. The van der Waals surface area contributed by atoms with Crippen LogP contribution < -0.4 is 5.32 Å². The predicted octanol–water partition coefficient (Wildman–Crippen LogP) is 17.5. The highest BCUT2D eigenvalue weighted by atomic mass is 32.2. The number of esters is 5. The molecule has 3 aliphatic heterocycles.